The Hall–Kier alpha value is -1.75. The van der Waals surface area contributed by atoms with Gasteiger partial charge in [-0.05, 0) is 12.1 Å². The number of hydrogen-bond acceptors (Lipinski definition) is 4. The number of carbonyl (C=O) groups excluding carboxylic acids is 1. The van der Waals surface area contributed by atoms with E-state index in [-0.39, 0.29) is 11.4 Å². The Kier molecular flexibility index (Phi) is 3.26. The molecule has 0 saturated carbocycles. The van der Waals surface area contributed by atoms with Gasteiger partial charge in [0.05, 0.1) is 16.6 Å². The summed E-state index contributed by atoms with van der Waals surface area (Å²) in [5.74, 6) is 0.675. The smallest absolute Gasteiger partial charge is 0.171 e. The Bertz CT molecular complexity index is 507. The highest BCUT2D eigenvalue weighted by atomic mass is 32.2. The summed E-state index contributed by atoms with van der Waals surface area (Å²) in [5, 5.41) is 3.50. The van der Waals surface area contributed by atoms with Gasteiger partial charge < -0.3 is 4.52 Å². The number of aromatic nitrogens is 1. The lowest BCUT2D eigenvalue weighted by Crippen LogP contribution is -1.94. The second-order valence-electron chi connectivity index (χ2n) is 3.14. The fourth-order valence-corrected chi connectivity index (χ4v) is 2.26. The van der Waals surface area contributed by atoms with Crippen LogP contribution in [0.25, 0.3) is 0 Å². The molecule has 0 amide bonds. The first-order valence-electron chi connectivity index (χ1n) is 4.64. The summed E-state index contributed by atoms with van der Waals surface area (Å²) in [6.45, 7) is 0. The maximum atomic E-state index is 11.8. The van der Waals surface area contributed by atoms with Crippen molar-refractivity contribution in [3.8, 4) is 0 Å². The zero-order valence-corrected chi connectivity index (χ0v) is 9.15. The summed E-state index contributed by atoms with van der Waals surface area (Å²) in [6.07, 6.45) is 0.596. The molecule has 1 aromatic carbocycles. The molecule has 0 aliphatic heterocycles. The Morgan fingerprint density at radius 1 is 1.31 bits per heavy atom. The van der Waals surface area contributed by atoms with Crippen molar-refractivity contribution in [2.75, 3.05) is 0 Å². The van der Waals surface area contributed by atoms with Crippen LogP contribution >= 0.6 is 0 Å². The van der Waals surface area contributed by atoms with Crippen LogP contribution < -0.4 is 0 Å². The zero-order valence-electron chi connectivity index (χ0n) is 8.33. The van der Waals surface area contributed by atoms with Gasteiger partial charge in [-0.25, -0.2) is 0 Å². The van der Waals surface area contributed by atoms with Gasteiger partial charge >= 0.3 is 0 Å². The second kappa shape index (κ2) is 4.85. The molecule has 0 radical (unpaired) electrons. The predicted molar refractivity (Wildman–Crippen MR) is 58.4 cm³/mol. The molecule has 4 nitrogen and oxygen atoms in total. The molecule has 0 bridgehead atoms. The van der Waals surface area contributed by atoms with Gasteiger partial charge in [-0.3, -0.25) is 9.00 Å². The minimum absolute atomic E-state index is 0.222. The molecular weight excluding hydrogens is 226 g/mol. The fourth-order valence-electron chi connectivity index (χ4n) is 1.24. The molecule has 1 heterocycles. The average Bonchev–Trinajstić information content (AvgIpc) is 2.78. The molecule has 1 unspecified atom stereocenters. The topological polar surface area (TPSA) is 60.2 Å². The van der Waals surface area contributed by atoms with Crippen LogP contribution in [0.15, 0.2) is 45.8 Å². The molecule has 1 aromatic heterocycles. The minimum Gasteiger partial charge on any atom is -0.360 e. The first-order chi connectivity index (χ1) is 7.79. The number of hydrogen-bond donors (Lipinski definition) is 0. The van der Waals surface area contributed by atoms with Gasteiger partial charge in [0.25, 0.3) is 0 Å². The Balaban J connectivity index is 2.11. The largest absolute Gasteiger partial charge is 0.360 e. The number of carbonyl (C=O) groups is 1. The van der Waals surface area contributed by atoms with Gasteiger partial charge in [0.15, 0.2) is 6.29 Å². The Labute approximate surface area is 94.7 Å². The van der Waals surface area contributed by atoms with Crippen molar-refractivity contribution in [3.63, 3.8) is 0 Å². The lowest BCUT2D eigenvalue weighted by molar-refractivity contribution is 0.111. The quantitative estimate of drug-likeness (QED) is 0.758. The summed E-state index contributed by atoms with van der Waals surface area (Å²) in [6, 6.07) is 10.6. The van der Waals surface area contributed by atoms with E-state index < -0.39 is 10.8 Å². The first-order valence-corrected chi connectivity index (χ1v) is 5.95. The average molecular weight is 235 g/mol. The predicted octanol–water partition coefficient (Wildman–Crippen LogP) is 1.79. The molecular formula is C11H9NO3S. The van der Waals surface area contributed by atoms with E-state index in [2.05, 4.69) is 5.16 Å². The molecule has 0 aliphatic rings. The fraction of sp³-hybridized carbons (Fsp3) is 0.0909. The van der Waals surface area contributed by atoms with Crippen molar-refractivity contribution in [1.82, 2.24) is 5.16 Å². The molecule has 82 valence electrons. The highest BCUT2D eigenvalue weighted by Gasteiger charge is 2.09. The van der Waals surface area contributed by atoms with E-state index in [1.807, 2.05) is 18.2 Å². The highest BCUT2D eigenvalue weighted by Crippen LogP contribution is 2.12. The monoisotopic (exact) mass is 235 g/mol. The molecule has 5 heteroatoms. The van der Waals surface area contributed by atoms with Crippen LogP contribution in [-0.2, 0) is 16.6 Å². The van der Waals surface area contributed by atoms with Crippen LogP contribution in [0.4, 0.5) is 0 Å². The normalized spacial score (nSPS) is 12.2. The van der Waals surface area contributed by atoms with Crippen LogP contribution in [0.2, 0.25) is 0 Å². The van der Waals surface area contributed by atoms with Gasteiger partial charge in [0.2, 0.25) is 0 Å². The van der Waals surface area contributed by atoms with Gasteiger partial charge in [-0.1, -0.05) is 23.4 Å². The van der Waals surface area contributed by atoms with E-state index in [0.29, 0.717) is 12.0 Å². The summed E-state index contributed by atoms with van der Waals surface area (Å²) < 4.78 is 16.7. The lowest BCUT2D eigenvalue weighted by Gasteiger charge is -1.97. The highest BCUT2D eigenvalue weighted by molar-refractivity contribution is 7.84. The van der Waals surface area contributed by atoms with Crippen LogP contribution in [0.3, 0.4) is 0 Å². The molecule has 0 saturated heterocycles. The van der Waals surface area contributed by atoms with Crippen LogP contribution in [0, 0.1) is 0 Å². The van der Waals surface area contributed by atoms with Gasteiger partial charge in [0, 0.05) is 11.0 Å². The van der Waals surface area contributed by atoms with E-state index in [1.165, 1.54) is 6.07 Å². The molecule has 0 N–H and O–H groups in total. The van der Waals surface area contributed by atoms with Crippen molar-refractivity contribution in [2.24, 2.45) is 0 Å². The summed E-state index contributed by atoms with van der Waals surface area (Å²) in [5.41, 5.74) is 0.222. The van der Waals surface area contributed by atoms with Crippen molar-refractivity contribution in [2.45, 2.75) is 10.6 Å². The third-order valence-electron chi connectivity index (χ3n) is 1.98. The SMILES string of the molecule is O=Cc1cc(CS(=O)c2ccccc2)on1. The summed E-state index contributed by atoms with van der Waals surface area (Å²) >= 11 is 0. The van der Waals surface area contributed by atoms with Crippen molar-refractivity contribution in [1.29, 1.82) is 0 Å². The molecule has 2 rings (SSSR count). The lowest BCUT2D eigenvalue weighted by atomic mass is 10.4. The second-order valence-corrected chi connectivity index (χ2v) is 4.59. The molecule has 0 fully saturated rings. The third kappa shape index (κ3) is 2.43. The van der Waals surface area contributed by atoms with Crippen molar-refractivity contribution in [3.05, 3.63) is 47.9 Å². The minimum atomic E-state index is -1.17. The molecule has 0 spiro atoms. The summed E-state index contributed by atoms with van der Waals surface area (Å²) in [4.78, 5) is 11.1. The van der Waals surface area contributed by atoms with Crippen LogP contribution in [-0.4, -0.2) is 15.7 Å². The Morgan fingerprint density at radius 2 is 2.06 bits per heavy atom. The van der Waals surface area contributed by atoms with Crippen molar-refractivity contribution < 1.29 is 13.5 Å². The molecule has 2 aromatic rings. The third-order valence-corrected chi connectivity index (χ3v) is 3.32. The van der Waals surface area contributed by atoms with Gasteiger partial charge in [-0.15, -0.1) is 0 Å². The molecule has 16 heavy (non-hydrogen) atoms. The van der Waals surface area contributed by atoms with E-state index in [0.717, 1.165) is 4.90 Å². The maximum Gasteiger partial charge on any atom is 0.171 e. The van der Waals surface area contributed by atoms with E-state index >= 15 is 0 Å². The van der Waals surface area contributed by atoms with Crippen LogP contribution in [0.1, 0.15) is 16.2 Å². The number of aldehydes is 1. The van der Waals surface area contributed by atoms with E-state index in [1.54, 1.807) is 12.1 Å². The maximum absolute atomic E-state index is 11.8. The van der Waals surface area contributed by atoms with E-state index in [4.69, 9.17) is 4.52 Å². The first kappa shape index (κ1) is 10.8. The summed E-state index contributed by atoms with van der Waals surface area (Å²) in [7, 11) is -1.17. The van der Waals surface area contributed by atoms with E-state index in [9.17, 15) is 9.00 Å². The molecule has 0 aliphatic carbocycles. The number of benzene rings is 1. The number of nitrogens with zero attached hydrogens (tertiary/aromatic N) is 1. The standard InChI is InChI=1S/C11H9NO3S/c13-7-9-6-10(15-12-9)8-16(14)11-4-2-1-3-5-11/h1-7H,8H2. The molecule has 1 atom stereocenters. The van der Waals surface area contributed by atoms with Crippen molar-refractivity contribution >= 4 is 17.1 Å². The number of rotatable bonds is 4. The zero-order chi connectivity index (χ0) is 11.4. The van der Waals surface area contributed by atoms with Crippen LogP contribution in [0.5, 0.6) is 0 Å². The Morgan fingerprint density at radius 3 is 2.69 bits per heavy atom. The van der Waals surface area contributed by atoms with Gasteiger partial charge in [0.1, 0.15) is 11.5 Å². The van der Waals surface area contributed by atoms with Gasteiger partial charge in [-0.2, -0.15) is 0 Å².